The Hall–Kier alpha value is -3.00. The lowest BCUT2D eigenvalue weighted by Crippen LogP contribution is -2.22. The van der Waals surface area contributed by atoms with Gasteiger partial charge in [-0.15, -0.1) is 0 Å². The summed E-state index contributed by atoms with van der Waals surface area (Å²) in [7, 11) is -4.21. The fourth-order valence-electron chi connectivity index (χ4n) is 2.26. The summed E-state index contributed by atoms with van der Waals surface area (Å²) in [5.41, 5.74) is 1.24. The highest BCUT2D eigenvalue weighted by Gasteiger charge is 2.28. The van der Waals surface area contributed by atoms with Gasteiger partial charge in [-0.1, -0.05) is 17.7 Å². The van der Waals surface area contributed by atoms with E-state index in [0.717, 1.165) is 5.56 Å². The molecule has 2 aromatic carbocycles. The minimum atomic E-state index is -4.21. The van der Waals surface area contributed by atoms with Gasteiger partial charge >= 0.3 is 5.24 Å². The molecule has 1 aliphatic rings. The average molecular weight is 344 g/mol. The van der Waals surface area contributed by atoms with Crippen molar-refractivity contribution >= 4 is 32.6 Å². The largest absolute Gasteiger partial charge is 0.345 e. The highest BCUT2D eigenvalue weighted by Crippen LogP contribution is 2.22. The molecule has 3 rings (SSSR count). The van der Waals surface area contributed by atoms with Crippen LogP contribution >= 0.6 is 0 Å². The molecular formula is C16H12N2O5S. The Balaban J connectivity index is 1.88. The third-order valence-corrected chi connectivity index (χ3v) is 5.04. The molecule has 8 heteroatoms. The molecule has 0 bridgehead atoms. The molecule has 0 saturated carbocycles. The second-order valence-corrected chi connectivity index (χ2v) is 7.12. The number of imide groups is 1. The zero-order valence-electron chi connectivity index (χ0n) is 12.5. The average Bonchev–Trinajstić information content (AvgIpc) is 2.82. The fourth-order valence-corrected chi connectivity index (χ4v) is 3.22. The number of anilines is 1. The van der Waals surface area contributed by atoms with Gasteiger partial charge in [0.05, 0.1) is 16.0 Å². The first-order valence-electron chi connectivity index (χ1n) is 6.91. The van der Waals surface area contributed by atoms with E-state index in [4.69, 9.17) is 0 Å². The highest BCUT2D eigenvalue weighted by molar-refractivity contribution is 8.06. The Labute approximate surface area is 137 Å². The SMILES string of the molecule is Cc1ccc(S(=O)(=O)C(=O)Nc2ccc3c(c2)C(=O)NC3=O)cc1. The summed E-state index contributed by atoms with van der Waals surface area (Å²) in [6.45, 7) is 1.80. The topological polar surface area (TPSA) is 109 Å². The number of carbonyl (C=O) groups excluding carboxylic acids is 3. The first-order valence-corrected chi connectivity index (χ1v) is 8.40. The molecule has 0 aliphatic carbocycles. The van der Waals surface area contributed by atoms with Gasteiger partial charge in [-0.2, -0.15) is 0 Å². The molecular weight excluding hydrogens is 332 g/mol. The third-order valence-electron chi connectivity index (χ3n) is 3.56. The summed E-state index contributed by atoms with van der Waals surface area (Å²) >= 11 is 0. The van der Waals surface area contributed by atoms with E-state index in [1.54, 1.807) is 19.1 Å². The summed E-state index contributed by atoms with van der Waals surface area (Å²) in [6, 6.07) is 9.84. The zero-order chi connectivity index (χ0) is 17.5. The summed E-state index contributed by atoms with van der Waals surface area (Å²) < 4.78 is 24.5. The molecule has 24 heavy (non-hydrogen) atoms. The van der Waals surface area contributed by atoms with Crippen LogP contribution in [0.3, 0.4) is 0 Å². The number of fused-ring (bicyclic) bond motifs is 1. The molecule has 0 atom stereocenters. The number of aryl methyl sites for hydroxylation is 1. The van der Waals surface area contributed by atoms with Crippen LogP contribution in [0.4, 0.5) is 10.5 Å². The lowest BCUT2D eigenvalue weighted by Gasteiger charge is -2.07. The van der Waals surface area contributed by atoms with Crippen molar-refractivity contribution in [1.29, 1.82) is 0 Å². The van der Waals surface area contributed by atoms with Crippen LogP contribution in [-0.4, -0.2) is 25.5 Å². The van der Waals surface area contributed by atoms with E-state index in [1.165, 1.54) is 30.3 Å². The van der Waals surface area contributed by atoms with E-state index < -0.39 is 26.9 Å². The Morgan fingerprint density at radius 2 is 1.58 bits per heavy atom. The molecule has 1 heterocycles. The number of hydrogen-bond donors (Lipinski definition) is 2. The molecule has 7 nitrogen and oxygen atoms in total. The maximum Gasteiger partial charge on any atom is 0.345 e. The minimum Gasteiger partial charge on any atom is -0.312 e. The third kappa shape index (κ3) is 2.67. The van der Waals surface area contributed by atoms with E-state index >= 15 is 0 Å². The van der Waals surface area contributed by atoms with Gasteiger partial charge in [-0.25, -0.2) is 8.42 Å². The summed E-state index contributed by atoms with van der Waals surface area (Å²) in [5, 5.41) is 3.15. The van der Waals surface area contributed by atoms with Crippen molar-refractivity contribution in [2.45, 2.75) is 11.8 Å². The van der Waals surface area contributed by atoms with Crippen molar-refractivity contribution < 1.29 is 22.8 Å². The van der Waals surface area contributed by atoms with Gasteiger partial charge in [-0.05, 0) is 37.3 Å². The Kier molecular flexibility index (Phi) is 3.69. The summed E-state index contributed by atoms with van der Waals surface area (Å²) in [4.78, 5) is 35.0. The lowest BCUT2D eigenvalue weighted by atomic mass is 10.1. The Morgan fingerprint density at radius 1 is 0.958 bits per heavy atom. The van der Waals surface area contributed by atoms with Gasteiger partial charge in [0.15, 0.2) is 0 Å². The molecule has 0 spiro atoms. The number of sulfone groups is 1. The fraction of sp³-hybridized carbons (Fsp3) is 0.0625. The molecule has 0 unspecified atom stereocenters. The predicted molar refractivity (Wildman–Crippen MR) is 85.6 cm³/mol. The second-order valence-electron chi connectivity index (χ2n) is 5.27. The van der Waals surface area contributed by atoms with Gasteiger partial charge in [0.1, 0.15) is 0 Å². The molecule has 1 aliphatic heterocycles. The van der Waals surface area contributed by atoms with E-state index in [2.05, 4.69) is 10.6 Å². The quantitative estimate of drug-likeness (QED) is 0.809. The molecule has 0 aromatic heterocycles. The zero-order valence-corrected chi connectivity index (χ0v) is 13.3. The Bertz CT molecular complexity index is 978. The van der Waals surface area contributed by atoms with Crippen molar-refractivity contribution in [3.8, 4) is 0 Å². The number of carbonyl (C=O) groups is 3. The van der Waals surface area contributed by atoms with Crippen LogP contribution < -0.4 is 10.6 Å². The van der Waals surface area contributed by atoms with E-state index in [9.17, 15) is 22.8 Å². The van der Waals surface area contributed by atoms with Crippen LogP contribution in [-0.2, 0) is 9.84 Å². The van der Waals surface area contributed by atoms with Crippen LogP contribution in [0.1, 0.15) is 26.3 Å². The lowest BCUT2D eigenvalue weighted by molar-refractivity contribution is 0.0879. The maximum absolute atomic E-state index is 12.3. The number of benzene rings is 2. The van der Waals surface area contributed by atoms with Crippen LogP contribution in [0.2, 0.25) is 0 Å². The Morgan fingerprint density at radius 3 is 2.25 bits per heavy atom. The van der Waals surface area contributed by atoms with Gasteiger partial charge < -0.3 is 5.32 Å². The van der Waals surface area contributed by atoms with Crippen molar-refractivity contribution in [3.63, 3.8) is 0 Å². The smallest absolute Gasteiger partial charge is 0.312 e. The highest BCUT2D eigenvalue weighted by atomic mass is 32.2. The van der Waals surface area contributed by atoms with Gasteiger partial charge in [0, 0.05) is 5.69 Å². The van der Waals surface area contributed by atoms with Crippen LogP contribution in [0.5, 0.6) is 0 Å². The monoisotopic (exact) mass is 344 g/mol. The van der Waals surface area contributed by atoms with Gasteiger partial charge in [0.25, 0.3) is 21.7 Å². The minimum absolute atomic E-state index is 0.0885. The van der Waals surface area contributed by atoms with E-state index in [0.29, 0.717) is 0 Å². The molecule has 2 aromatic rings. The molecule has 0 radical (unpaired) electrons. The van der Waals surface area contributed by atoms with Gasteiger partial charge in [-0.3, -0.25) is 19.7 Å². The second kappa shape index (κ2) is 5.57. The normalized spacial score (nSPS) is 13.4. The van der Waals surface area contributed by atoms with E-state index in [-0.39, 0.29) is 21.7 Å². The summed E-state index contributed by atoms with van der Waals surface area (Å²) in [5.74, 6) is -1.12. The molecule has 3 amide bonds. The van der Waals surface area contributed by atoms with Crippen molar-refractivity contribution in [1.82, 2.24) is 5.32 Å². The molecule has 122 valence electrons. The standard InChI is InChI=1S/C16H12N2O5S/c1-9-2-5-11(6-3-9)24(22,23)16(21)17-10-4-7-12-13(8-10)15(20)18-14(12)19/h2-8H,1H3,(H,17,21)(H,18,19,20). The van der Waals surface area contributed by atoms with Crippen LogP contribution in [0.15, 0.2) is 47.4 Å². The predicted octanol–water partition coefficient (Wildman–Crippen LogP) is 1.88. The van der Waals surface area contributed by atoms with Crippen LogP contribution in [0.25, 0.3) is 0 Å². The number of amides is 3. The van der Waals surface area contributed by atoms with Gasteiger partial charge in [0.2, 0.25) is 0 Å². The van der Waals surface area contributed by atoms with Crippen molar-refractivity contribution in [2.24, 2.45) is 0 Å². The number of hydrogen-bond acceptors (Lipinski definition) is 5. The van der Waals surface area contributed by atoms with Crippen molar-refractivity contribution in [2.75, 3.05) is 5.32 Å². The first-order chi connectivity index (χ1) is 11.3. The molecule has 0 saturated heterocycles. The van der Waals surface area contributed by atoms with Crippen molar-refractivity contribution in [3.05, 3.63) is 59.2 Å². The molecule has 2 N–H and O–H groups in total. The van der Waals surface area contributed by atoms with E-state index in [1.807, 2.05) is 0 Å². The number of rotatable bonds is 2. The first kappa shape index (κ1) is 15.9. The van der Waals surface area contributed by atoms with Crippen LogP contribution in [0, 0.1) is 6.92 Å². The number of nitrogens with one attached hydrogen (secondary N) is 2. The molecule has 0 fully saturated rings. The maximum atomic E-state index is 12.3. The summed E-state index contributed by atoms with van der Waals surface area (Å²) in [6.07, 6.45) is 0.